The van der Waals surface area contributed by atoms with Gasteiger partial charge in [-0.25, -0.2) is 9.59 Å². The van der Waals surface area contributed by atoms with E-state index in [1.165, 1.54) is 4.90 Å². The fraction of sp³-hybridized carbons (Fsp3) is 0.517. The first-order chi connectivity index (χ1) is 17.7. The molecular weight excluding hydrogens is 500 g/mol. The van der Waals surface area contributed by atoms with E-state index in [4.69, 9.17) is 9.16 Å². The van der Waals surface area contributed by atoms with Crippen molar-refractivity contribution in [2.75, 3.05) is 19.7 Å². The molecule has 0 radical (unpaired) electrons. The highest BCUT2D eigenvalue weighted by Crippen LogP contribution is 2.37. The summed E-state index contributed by atoms with van der Waals surface area (Å²) in [6.45, 7) is 12.4. The molecule has 0 unspecified atom stereocenters. The lowest BCUT2D eigenvalue weighted by Gasteiger charge is -2.43. The number of aliphatic hydroxyl groups is 1. The number of carbonyl (C=O) groups excluding carboxylic acids is 1. The quantitative estimate of drug-likeness (QED) is 0.438. The molecule has 208 valence electrons. The number of hydrogen-bond donors (Lipinski definition) is 3. The molecule has 0 aliphatic carbocycles. The van der Waals surface area contributed by atoms with Gasteiger partial charge >= 0.3 is 12.2 Å². The van der Waals surface area contributed by atoms with E-state index in [1.807, 2.05) is 36.4 Å². The normalized spacial score (nSPS) is 19.2. The van der Waals surface area contributed by atoms with E-state index in [2.05, 4.69) is 50.4 Å². The van der Waals surface area contributed by atoms with Crippen molar-refractivity contribution in [3.63, 3.8) is 0 Å². The third-order valence-corrected chi connectivity index (χ3v) is 12.0. The summed E-state index contributed by atoms with van der Waals surface area (Å²) in [4.78, 5) is 25.5. The molecule has 1 aliphatic heterocycles. The lowest BCUT2D eigenvalue weighted by molar-refractivity contribution is 0.0437. The van der Waals surface area contributed by atoms with Gasteiger partial charge in [-0.05, 0) is 42.6 Å². The molecule has 0 bridgehead atoms. The lowest BCUT2D eigenvalue weighted by Crippen LogP contribution is -2.66. The first-order valence-corrected chi connectivity index (χ1v) is 15.1. The van der Waals surface area contributed by atoms with Crippen molar-refractivity contribution >= 4 is 30.9 Å². The Morgan fingerprint density at radius 2 is 1.50 bits per heavy atom. The molecule has 8 nitrogen and oxygen atoms in total. The molecule has 0 spiro atoms. The smallest absolute Gasteiger partial charge is 0.407 e. The number of amides is 2. The summed E-state index contributed by atoms with van der Waals surface area (Å²) < 4.78 is 12.5. The Labute approximate surface area is 227 Å². The Kier molecular flexibility index (Phi) is 9.28. The number of rotatable bonds is 8. The molecule has 0 aromatic heterocycles. The number of carboxylic acid groups (broad SMARTS) is 1. The van der Waals surface area contributed by atoms with E-state index < -0.39 is 44.2 Å². The summed E-state index contributed by atoms with van der Waals surface area (Å²) in [6.07, 6.45) is -2.21. The number of alkyl carbamates (subject to hydrolysis) is 1. The van der Waals surface area contributed by atoms with Gasteiger partial charge in [0.15, 0.2) is 0 Å². The summed E-state index contributed by atoms with van der Waals surface area (Å²) in [5.41, 5.74) is -0.693. The molecule has 1 aliphatic rings. The number of nitrogens with zero attached hydrogens (tertiary/aromatic N) is 1. The van der Waals surface area contributed by atoms with Crippen LogP contribution in [0, 0.1) is 5.92 Å². The summed E-state index contributed by atoms with van der Waals surface area (Å²) >= 11 is 0. The van der Waals surface area contributed by atoms with Crippen molar-refractivity contribution < 1.29 is 29.0 Å². The number of aliphatic hydroxyl groups excluding tert-OH is 1. The second-order valence-corrected chi connectivity index (χ2v) is 16.3. The zero-order valence-corrected chi connectivity index (χ0v) is 24.3. The minimum atomic E-state index is -2.79. The maximum Gasteiger partial charge on any atom is 0.407 e. The van der Waals surface area contributed by atoms with Crippen molar-refractivity contribution in [3.8, 4) is 0 Å². The first-order valence-electron chi connectivity index (χ1n) is 13.1. The van der Waals surface area contributed by atoms with Gasteiger partial charge in [0.1, 0.15) is 5.60 Å². The zero-order chi connectivity index (χ0) is 28.1. The molecule has 2 amide bonds. The molecular formula is C29H42N2O6Si. The van der Waals surface area contributed by atoms with Gasteiger partial charge in [-0.15, -0.1) is 0 Å². The van der Waals surface area contributed by atoms with Crippen LogP contribution in [-0.2, 0) is 9.16 Å². The number of β-amino-alcohol motifs (C(OH)–C–C–N with tert-alkyl or cyclic N) is 1. The third-order valence-electron chi connectivity index (χ3n) is 6.99. The van der Waals surface area contributed by atoms with Gasteiger partial charge < -0.3 is 29.6 Å². The Balaban J connectivity index is 1.91. The maximum absolute atomic E-state index is 12.7. The standard InChI is InChI=1S/C29H42N2O6Si/c1-28(2,3)37-26(33)30-24(23-19-31(27(34)35)20-25(23)32)17-18-36-38(29(4,5)6,21-13-9-7-10-14-21)22-15-11-8-12-16-22/h7-16,23-25,32H,17-20H2,1-6H3,(H,30,33)(H,34,35)/t23-,24+,25-/m1/s1. The highest BCUT2D eigenvalue weighted by atomic mass is 28.4. The van der Waals surface area contributed by atoms with E-state index in [1.54, 1.807) is 20.8 Å². The van der Waals surface area contributed by atoms with Crippen LogP contribution < -0.4 is 15.7 Å². The van der Waals surface area contributed by atoms with Gasteiger partial charge in [0, 0.05) is 25.1 Å². The van der Waals surface area contributed by atoms with E-state index in [0.29, 0.717) is 13.0 Å². The van der Waals surface area contributed by atoms with Gasteiger partial charge in [-0.2, -0.15) is 0 Å². The van der Waals surface area contributed by atoms with Gasteiger partial charge in [0.25, 0.3) is 8.32 Å². The zero-order valence-electron chi connectivity index (χ0n) is 23.3. The maximum atomic E-state index is 12.7. The number of carbonyl (C=O) groups is 2. The Bertz CT molecular complexity index is 1030. The van der Waals surface area contributed by atoms with Crippen LogP contribution in [0.1, 0.15) is 48.0 Å². The van der Waals surface area contributed by atoms with Crippen molar-refractivity contribution in [2.24, 2.45) is 5.92 Å². The highest BCUT2D eigenvalue weighted by Gasteiger charge is 2.50. The van der Waals surface area contributed by atoms with E-state index >= 15 is 0 Å². The fourth-order valence-corrected chi connectivity index (χ4v) is 9.90. The minimum Gasteiger partial charge on any atom is -0.465 e. The molecule has 3 N–H and O–H groups in total. The molecule has 9 heteroatoms. The van der Waals surface area contributed by atoms with Crippen molar-refractivity contribution in [1.29, 1.82) is 0 Å². The lowest BCUT2D eigenvalue weighted by atomic mass is 9.94. The molecule has 1 fully saturated rings. The summed E-state index contributed by atoms with van der Waals surface area (Å²) in [5, 5.41) is 25.2. The van der Waals surface area contributed by atoms with Crippen LogP contribution in [0.4, 0.5) is 9.59 Å². The summed E-state index contributed by atoms with van der Waals surface area (Å²) in [5.74, 6) is -0.485. The molecule has 1 saturated heterocycles. The number of likely N-dealkylation sites (tertiary alicyclic amines) is 1. The second-order valence-electron chi connectivity index (χ2n) is 12.0. The average molecular weight is 543 g/mol. The van der Waals surface area contributed by atoms with Crippen LogP contribution in [0.3, 0.4) is 0 Å². The monoisotopic (exact) mass is 542 g/mol. The van der Waals surface area contributed by atoms with Gasteiger partial charge in [0.05, 0.1) is 12.6 Å². The second kappa shape index (κ2) is 11.9. The fourth-order valence-electron chi connectivity index (χ4n) is 5.32. The van der Waals surface area contributed by atoms with E-state index in [0.717, 1.165) is 10.4 Å². The summed E-state index contributed by atoms with van der Waals surface area (Å²) in [7, 11) is -2.79. The van der Waals surface area contributed by atoms with Crippen LogP contribution in [0.2, 0.25) is 5.04 Å². The van der Waals surface area contributed by atoms with Crippen LogP contribution in [0.15, 0.2) is 60.7 Å². The van der Waals surface area contributed by atoms with Gasteiger partial charge in [0.2, 0.25) is 0 Å². The molecule has 2 aromatic rings. The topological polar surface area (TPSA) is 108 Å². The number of benzene rings is 2. The Hall–Kier alpha value is -2.88. The largest absolute Gasteiger partial charge is 0.465 e. The van der Waals surface area contributed by atoms with Crippen LogP contribution >= 0.6 is 0 Å². The summed E-state index contributed by atoms with van der Waals surface area (Å²) in [6, 6.07) is 20.0. The third kappa shape index (κ3) is 6.95. The van der Waals surface area contributed by atoms with Crippen LogP contribution in [0.5, 0.6) is 0 Å². The van der Waals surface area contributed by atoms with E-state index in [9.17, 15) is 19.8 Å². The number of hydrogen-bond acceptors (Lipinski definition) is 5. The molecule has 1 heterocycles. The van der Waals surface area contributed by atoms with Crippen LogP contribution in [-0.4, -0.2) is 73.1 Å². The predicted octanol–water partition coefficient (Wildman–Crippen LogP) is 3.82. The molecule has 3 atom stereocenters. The Morgan fingerprint density at radius 3 is 1.92 bits per heavy atom. The van der Waals surface area contributed by atoms with Crippen molar-refractivity contribution in [3.05, 3.63) is 60.7 Å². The predicted molar refractivity (Wildman–Crippen MR) is 150 cm³/mol. The first kappa shape index (κ1) is 29.7. The van der Waals surface area contributed by atoms with E-state index in [-0.39, 0.29) is 18.1 Å². The minimum absolute atomic E-state index is 0.00205. The average Bonchev–Trinajstić information content (AvgIpc) is 3.22. The molecule has 38 heavy (non-hydrogen) atoms. The Morgan fingerprint density at radius 1 is 0.974 bits per heavy atom. The molecule has 0 saturated carbocycles. The van der Waals surface area contributed by atoms with Crippen LogP contribution in [0.25, 0.3) is 0 Å². The van der Waals surface area contributed by atoms with Gasteiger partial charge in [-0.3, -0.25) is 0 Å². The van der Waals surface area contributed by atoms with Crippen molar-refractivity contribution in [1.82, 2.24) is 10.2 Å². The highest BCUT2D eigenvalue weighted by molar-refractivity contribution is 6.99. The van der Waals surface area contributed by atoms with Crippen molar-refractivity contribution in [2.45, 2.75) is 70.7 Å². The number of ether oxygens (including phenoxy) is 1. The SMILES string of the molecule is CC(C)(C)OC(=O)N[C@@H](CCO[Si](c1ccccc1)(c1ccccc1)C(C)(C)C)[C@H]1CN(C(=O)O)C[C@H]1O. The molecule has 3 rings (SSSR count). The number of nitrogens with one attached hydrogen (secondary N) is 1. The van der Waals surface area contributed by atoms with Gasteiger partial charge in [-0.1, -0.05) is 81.4 Å². The molecule has 2 aromatic carbocycles.